The molecule has 0 saturated carbocycles. The van der Waals surface area contributed by atoms with E-state index in [1.165, 1.54) is 36.0 Å². The Bertz CT molecular complexity index is 1710. The topological polar surface area (TPSA) is 216 Å². The van der Waals surface area contributed by atoms with Gasteiger partial charge in [-0.25, -0.2) is 14.1 Å². The first-order valence-electron chi connectivity index (χ1n) is 15.3. The number of aromatic nitrogens is 3. The van der Waals surface area contributed by atoms with Gasteiger partial charge in [0.2, 0.25) is 5.60 Å². The summed E-state index contributed by atoms with van der Waals surface area (Å²) in [5.74, 6) is -3.16. The van der Waals surface area contributed by atoms with Crippen molar-refractivity contribution in [2.75, 3.05) is 18.9 Å². The van der Waals surface area contributed by atoms with Crippen LogP contribution in [0.2, 0.25) is 0 Å². The molecule has 0 unspecified atom stereocenters. The third-order valence-electron chi connectivity index (χ3n) is 7.24. The zero-order valence-electron chi connectivity index (χ0n) is 27.4. The molecule has 0 aliphatic carbocycles. The maximum atomic E-state index is 14.2. The van der Waals surface area contributed by atoms with Crippen molar-refractivity contribution in [2.45, 2.75) is 71.5 Å². The van der Waals surface area contributed by atoms with Crippen LogP contribution in [0, 0.1) is 23.2 Å². The van der Waals surface area contributed by atoms with Gasteiger partial charge in [0, 0.05) is 0 Å². The van der Waals surface area contributed by atoms with Gasteiger partial charge in [0.1, 0.15) is 35.8 Å². The summed E-state index contributed by atoms with van der Waals surface area (Å²) < 4.78 is 50.2. The van der Waals surface area contributed by atoms with Crippen molar-refractivity contribution in [3.8, 4) is 11.8 Å². The van der Waals surface area contributed by atoms with E-state index in [1.54, 1.807) is 58.9 Å². The van der Waals surface area contributed by atoms with Crippen LogP contribution in [-0.2, 0) is 48.0 Å². The SMILES string of the molecule is CCOC(=O)[C@H](C)N[P@](=O)(OC[C@H]1O[C@@](C#N)(c2ccc3c(N)ncnn23)[C@H](OC(=O)C(C)C)[C@@H]1OC(=O)C(C)C)Oc1ccccc1. The number of rotatable bonds is 14. The summed E-state index contributed by atoms with van der Waals surface area (Å²) in [6.07, 6.45) is -3.23. The van der Waals surface area contributed by atoms with Gasteiger partial charge in [0.05, 0.1) is 30.7 Å². The number of nitrogens with two attached hydrogens (primary N) is 1. The molecule has 1 fully saturated rings. The fraction of sp³-hybridized carbons (Fsp3) is 0.484. The molecule has 1 aliphatic rings. The highest BCUT2D eigenvalue weighted by atomic mass is 31.2. The summed E-state index contributed by atoms with van der Waals surface area (Å²) in [5, 5.41) is 17.6. The summed E-state index contributed by atoms with van der Waals surface area (Å²) in [6.45, 7) is 8.85. The Morgan fingerprint density at radius 3 is 2.35 bits per heavy atom. The van der Waals surface area contributed by atoms with Gasteiger partial charge in [-0.1, -0.05) is 45.9 Å². The number of benzene rings is 1. The van der Waals surface area contributed by atoms with Crippen molar-refractivity contribution >= 4 is 37.0 Å². The lowest BCUT2D eigenvalue weighted by atomic mass is 9.92. The number of carbonyl (C=O) groups is 3. The third kappa shape index (κ3) is 7.77. The highest BCUT2D eigenvalue weighted by molar-refractivity contribution is 7.52. The van der Waals surface area contributed by atoms with Crippen LogP contribution in [-0.4, -0.2) is 70.1 Å². The zero-order chi connectivity index (χ0) is 35.2. The minimum absolute atomic E-state index is 0.0755. The molecule has 16 nitrogen and oxygen atoms in total. The van der Waals surface area contributed by atoms with Crippen molar-refractivity contribution < 1.29 is 46.9 Å². The molecular weight excluding hydrogens is 647 g/mol. The molecule has 2 aromatic heterocycles. The van der Waals surface area contributed by atoms with Gasteiger partial charge >= 0.3 is 25.7 Å². The van der Waals surface area contributed by atoms with Crippen LogP contribution in [0.25, 0.3) is 5.52 Å². The Morgan fingerprint density at radius 2 is 1.73 bits per heavy atom. The van der Waals surface area contributed by atoms with Gasteiger partial charge in [0.25, 0.3) is 0 Å². The number of para-hydroxylation sites is 1. The lowest BCUT2D eigenvalue weighted by molar-refractivity contribution is -0.173. The van der Waals surface area contributed by atoms with Crippen LogP contribution in [0.3, 0.4) is 0 Å². The van der Waals surface area contributed by atoms with E-state index in [9.17, 15) is 24.2 Å². The van der Waals surface area contributed by atoms with E-state index in [2.05, 4.69) is 21.2 Å². The number of nitrogens with one attached hydrogen (secondary N) is 1. The van der Waals surface area contributed by atoms with E-state index in [0.29, 0.717) is 5.52 Å². The maximum Gasteiger partial charge on any atom is 0.459 e. The van der Waals surface area contributed by atoms with Crippen LogP contribution < -0.4 is 15.3 Å². The van der Waals surface area contributed by atoms with Crippen molar-refractivity contribution in [1.82, 2.24) is 19.7 Å². The number of carbonyl (C=O) groups excluding carboxylic acids is 3. The Labute approximate surface area is 277 Å². The molecule has 3 heterocycles. The van der Waals surface area contributed by atoms with Gasteiger partial charge in [-0.3, -0.25) is 18.9 Å². The lowest BCUT2D eigenvalue weighted by Gasteiger charge is -2.29. The molecule has 3 aromatic rings. The second-order valence-corrected chi connectivity index (χ2v) is 13.2. The number of esters is 3. The number of hydrogen-bond acceptors (Lipinski definition) is 14. The Kier molecular flexibility index (Phi) is 11.4. The summed E-state index contributed by atoms with van der Waals surface area (Å²) in [7, 11) is -4.43. The lowest BCUT2D eigenvalue weighted by Crippen LogP contribution is -2.47. The first-order valence-corrected chi connectivity index (χ1v) is 16.8. The molecule has 258 valence electrons. The summed E-state index contributed by atoms with van der Waals surface area (Å²) >= 11 is 0. The number of nitrogens with zero attached hydrogens (tertiary/aromatic N) is 4. The average molecular weight is 687 g/mol. The van der Waals surface area contributed by atoms with Crippen molar-refractivity contribution in [3.05, 3.63) is 54.5 Å². The predicted octanol–water partition coefficient (Wildman–Crippen LogP) is 3.31. The molecule has 17 heteroatoms. The third-order valence-corrected chi connectivity index (χ3v) is 8.88. The van der Waals surface area contributed by atoms with Crippen molar-refractivity contribution in [2.24, 2.45) is 11.8 Å². The van der Waals surface area contributed by atoms with Crippen LogP contribution in [0.4, 0.5) is 5.82 Å². The van der Waals surface area contributed by atoms with E-state index in [0.717, 1.165) is 0 Å². The molecule has 48 heavy (non-hydrogen) atoms. The minimum atomic E-state index is -4.43. The highest BCUT2D eigenvalue weighted by Crippen LogP contribution is 2.48. The normalized spacial score (nSPS) is 22.5. The second-order valence-electron chi connectivity index (χ2n) is 11.5. The van der Waals surface area contributed by atoms with Crippen molar-refractivity contribution in [1.29, 1.82) is 5.26 Å². The Hall–Kier alpha value is -4.55. The van der Waals surface area contributed by atoms with Gasteiger partial charge in [-0.2, -0.15) is 15.4 Å². The quantitative estimate of drug-likeness (QED) is 0.141. The van der Waals surface area contributed by atoms with Gasteiger partial charge < -0.3 is 29.2 Å². The van der Waals surface area contributed by atoms with Gasteiger partial charge in [0.15, 0.2) is 18.0 Å². The fourth-order valence-corrected chi connectivity index (χ4v) is 6.28. The second kappa shape index (κ2) is 15.1. The van der Waals surface area contributed by atoms with E-state index in [-0.39, 0.29) is 23.9 Å². The molecule has 1 saturated heterocycles. The number of hydrogen-bond donors (Lipinski definition) is 2. The first kappa shape index (κ1) is 36.3. The zero-order valence-corrected chi connectivity index (χ0v) is 28.3. The number of nitriles is 1. The van der Waals surface area contributed by atoms with Crippen LogP contribution in [0.5, 0.6) is 5.75 Å². The summed E-state index contributed by atoms with van der Waals surface area (Å²) in [5.41, 5.74) is 4.31. The van der Waals surface area contributed by atoms with Gasteiger partial charge in [-0.15, -0.1) is 0 Å². The predicted molar refractivity (Wildman–Crippen MR) is 169 cm³/mol. The van der Waals surface area contributed by atoms with E-state index >= 15 is 0 Å². The van der Waals surface area contributed by atoms with Crippen LogP contribution in [0.1, 0.15) is 47.2 Å². The number of fused-ring (bicyclic) bond motifs is 1. The van der Waals surface area contributed by atoms with E-state index < -0.39 is 74.1 Å². The minimum Gasteiger partial charge on any atom is -0.465 e. The van der Waals surface area contributed by atoms with E-state index in [1.807, 2.05) is 0 Å². The summed E-state index contributed by atoms with van der Waals surface area (Å²) in [6, 6.07) is 12.1. The smallest absolute Gasteiger partial charge is 0.459 e. The maximum absolute atomic E-state index is 14.2. The van der Waals surface area contributed by atoms with Gasteiger partial charge in [-0.05, 0) is 38.1 Å². The molecule has 4 rings (SSSR count). The molecule has 6 atom stereocenters. The van der Waals surface area contributed by atoms with Crippen LogP contribution >= 0.6 is 7.75 Å². The number of nitrogen functional groups attached to an aromatic ring is 1. The molecule has 3 N–H and O–H groups in total. The Morgan fingerprint density at radius 1 is 1.06 bits per heavy atom. The molecule has 1 aromatic carbocycles. The number of anilines is 1. The molecule has 0 amide bonds. The van der Waals surface area contributed by atoms with Crippen molar-refractivity contribution in [3.63, 3.8) is 0 Å². The standard InChI is InChI=1S/C31H39N6O10P/c1-7-42-30(40)20(6)36-48(41,47-21-11-9-8-10-12-21)43-15-23-25(44-28(38)18(2)3)26(45-29(39)19(4)5)31(16-32,46-23)24-14-13-22-27(33)34-17-35-37(22)24/h8-14,17-20,23,25-26H,7,15H2,1-6H3,(H,36,41)(H2,33,34,35)/t20-,23+,25+,26+,31-,48-/m0/s1. The summed E-state index contributed by atoms with van der Waals surface area (Å²) in [4.78, 5) is 42.6. The molecule has 0 radical (unpaired) electrons. The molecule has 0 spiro atoms. The largest absolute Gasteiger partial charge is 0.465 e. The average Bonchev–Trinajstić information content (AvgIpc) is 3.61. The monoisotopic (exact) mass is 686 g/mol. The molecule has 0 bridgehead atoms. The Balaban J connectivity index is 1.79. The van der Waals surface area contributed by atoms with E-state index in [4.69, 9.17) is 33.7 Å². The molecule has 1 aliphatic heterocycles. The first-order chi connectivity index (χ1) is 22.7. The molecular formula is C31H39N6O10P. The highest BCUT2D eigenvalue weighted by Gasteiger charge is 2.63. The van der Waals surface area contributed by atoms with Crippen LogP contribution in [0.15, 0.2) is 48.8 Å². The fourth-order valence-electron chi connectivity index (χ4n) is 4.77. The number of ether oxygens (including phenoxy) is 4.